The van der Waals surface area contributed by atoms with Gasteiger partial charge in [0.25, 0.3) is 5.91 Å². The number of hydrogen-bond acceptors (Lipinski definition) is 7. The molecular weight excluding hydrogens is 462 g/mol. The molecule has 2 N–H and O–H groups in total. The van der Waals surface area contributed by atoms with Gasteiger partial charge in [0, 0.05) is 42.5 Å². The topological polar surface area (TPSA) is 95.5 Å². The van der Waals surface area contributed by atoms with Crippen LogP contribution in [0.3, 0.4) is 0 Å². The zero-order valence-electron chi connectivity index (χ0n) is 21.3. The number of benzene rings is 2. The molecule has 0 unspecified atom stereocenters. The summed E-state index contributed by atoms with van der Waals surface area (Å²) in [5, 5.41) is 14.5. The van der Waals surface area contributed by atoms with Crippen molar-refractivity contribution in [2.45, 2.75) is 52.1 Å². The first-order valence-electron chi connectivity index (χ1n) is 12.7. The number of anilines is 1. The van der Waals surface area contributed by atoms with E-state index in [1.165, 1.54) is 0 Å². The minimum absolute atomic E-state index is 0.0648. The van der Waals surface area contributed by atoms with E-state index in [0.717, 1.165) is 5.56 Å². The van der Waals surface area contributed by atoms with Gasteiger partial charge in [-0.1, -0.05) is 13.8 Å². The molecule has 0 aliphatic carbocycles. The highest BCUT2D eigenvalue weighted by Crippen LogP contribution is 2.57. The van der Waals surface area contributed by atoms with Gasteiger partial charge in [0.15, 0.2) is 0 Å². The van der Waals surface area contributed by atoms with Gasteiger partial charge in [0.05, 0.1) is 20.3 Å². The average molecular weight is 496 g/mol. The van der Waals surface area contributed by atoms with Crippen molar-refractivity contribution in [2.24, 2.45) is 23.7 Å². The number of aromatic hydroxyl groups is 1. The second-order valence-electron chi connectivity index (χ2n) is 11.0. The van der Waals surface area contributed by atoms with Crippen LogP contribution in [0.4, 0.5) is 5.69 Å². The second-order valence-corrected chi connectivity index (χ2v) is 11.0. The number of carbonyl (C=O) groups is 1. The quantitative estimate of drug-likeness (QED) is 0.646. The van der Waals surface area contributed by atoms with Crippen molar-refractivity contribution in [1.82, 2.24) is 0 Å². The minimum atomic E-state index is -0.887. The van der Waals surface area contributed by atoms with Crippen LogP contribution in [0.2, 0.25) is 0 Å². The van der Waals surface area contributed by atoms with Crippen LogP contribution in [-0.2, 0) is 22.3 Å². The fraction of sp³-hybridized carbons (Fsp3) is 0.536. The van der Waals surface area contributed by atoms with Gasteiger partial charge in [0.1, 0.15) is 28.6 Å². The van der Waals surface area contributed by atoms with Gasteiger partial charge in [-0.15, -0.1) is 0 Å². The molecule has 36 heavy (non-hydrogen) atoms. The molecule has 0 radical (unpaired) electrons. The molecule has 0 bridgehead atoms. The molecule has 6 atom stereocenters. The van der Waals surface area contributed by atoms with Crippen molar-refractivity contribution in [3.8, 4) is 23.0 Å². The summed E-state index contributed by atoms with van der Waals surface area (Å²) in [7, 11) is 1.59. The number of rotatable bonds is 3. The Morgan fingerprint density at radius 1 is 0.944 bits per heavy atom. The van der Waals surface area contributed by atoms with E-state index in [4.69, 9.17) is 23.7 Å². The van der Waals surface area contributed by atoms with Crippen LogP contribution >= 0.6 is 0 Å². The third-order valence-electron chi connectivity index (χ3n) is 8.59. The summed E-state index contributed by atoms with van der Waals surface area (Å²) < 4.78 is 30.4. The summed E-state index contributed by atoms with van der Waals surface area (Å²) in [4.78, 5) is 13.7. The normalized spacial score (nSPS) is 33.9. The van der Waals surface area contributed by atoms with E-state index in [1.54, 1.807) is 31.4 Å². The van der Waals surface area contributed by atoms with Crippen LogP contribution in [0, 0.1) is 23.7 Å². The van der Waals surface area contributed by atoms with E-state index in [-0.39, 0.29) is 35.0 Å². The molecule has 0 aromatic heterocycles. The predicted octanol–water partition coefficient (Wildman–Crippen LogP) is 4.52. The van der Waals surface area contributed by atoms with Gasteiger partial charge in [0.2, 0.25) is 11.6 Å². The predicted molar refractivity (Wildman–Crippen MR) is 132 cm³/mol. The largest absolute Gasteiger partial charge is 0.507 e. The van der Waals surface area contributed by atoms with E-state index in [9.17, 15) is 9.90 Å². The zero-order valence-corrected chi connectivity index (χ0v) is 21.3. The van der Waals surface area contributed by atoms with Gasteiger partial charge in [-0.2, -0.15) is 0 Å². The van der Waals surface area contributed by atoms with Crippen molar-refractivity contribution < 1.29 is 33.6 Å². The lowest BCUT2D eigenvalue weighted by Crippen LogP contribution is -2.47. The third-order valence-corrected chi connectivity index (χ3v) is 8.59. The SMILES string of the molecule is COc1ccc(NC(=O)c2c(O)c3c(c4c2O[C@@]2(C)OC[C@H](C)[C@H]2C4)O[C@@]2(C)OC[C@H](C)[C@H]2C3)cc1. The van der Waals surface area contributed by atoms with Crippen molar-refractivity contribution in [2.75, 3.05) is 25.6 Å². The number of fused-ring (bicyclic) bond motifs is 5. The Balaban J connectivity index is 1.48. The number of nitrogens with one attached hydrogen (secondary N) is 1. The molecule has 192 valence electrons. The monoisotopic (exact) mass is 495 g/mol. The minimum Gasteiger partial charge on any atom is -0.507 e. The fourth-order valence-corrected chi connectivity index (χ4v) is 6.39. The summed E-state index contributed by atoms with van der Waals surface area (Å²) in [6.07, 6.45) is 1.18. The number of hydrogen-bond donors (Lipinski definition) is 2. The molecule has 6 rings (SSSR count). The maximum Gasteiger partial charge on any atom is 0.263 e. The van der Waals surface area contributed by atoms with Crippen LogP contribution in [-0.4, -0.2) is 42.9 Å². The van der Waals surface area contributed by atoms with Crippen LogP contribution in [0.1, 0.15) is 49.2 Å². The Kier molecular flexibility index (Phi) is 5.22. The molecule has 2 fully saturated rings. The molecule has 2 aromatic rings. The lowest BCUT2D eigenvalue weighted by molar-refractivity contribution is -0.174. The Morgan fingerprint density at radius 2 is 1.50 bits per heavy atom. The third kappa shape index (κ3) is 3.38. The standard InChI is InChI=1S/C28H33NO7/c1-14-12-33-27(3)20(14)10-18-23(30)22(26(31)29-16-6-8-17(32-5)9-7-16)25-19(24(18)35-27)11-21-15(2)13-34-28(21,4)36-25/h6-9,14-15,20-21,30H,10-13H2,1-5H3,(H,29,31)/t14-,15-,20+,21+,27+,28+/m0/s1. The summed E-state index contributed by atoms with van der Waals surface area (Å²) in [6, 6.07) is 7.04. The molecular formula is C28H33NO7. The Hall–Kier alpha value is -2.97. The van der Waals surface area contributed by atoms with E-state index < -0.39 is 17.5 Å². The van der Waals surface area contributed by atoms with Crippen LogP contribution in [0.15, 0.2) is 24.3 Å². The number of amides is 1. The zero-order chi connectivity index (χ0) is 25.4. The highest BCUT2D eigenvalue weighted by Gasteiger charge is 2.55. The first-order chi connectivity index (χ1) is 17.1. The number of phenolic OH excluding ortho intramolecular Hbond substituents is 1. The number of ether oxygens (including phenoxy) is 5. The van der Waals surface area contributed by atoms with E-state index in [2.05, 4.69) is 19.2 Å². The van der Waals surface area contributed by atoms with Gasteiger partial charge < -0.3 is 34.1 Å². The van der Waals surface area contributed by atoms with E-state index >= 15 is 0 Å². The maximum absolute atomic E-state index is 13.7. The van der Waals surface area contributed by atoms with E-state index in [1.807, 2.05) is 13.8 Å². The summed E-state index contributed by atoms with van der Waals surface area (Å²) in [6.45, 7) is 9.30. The lowest BCUT2D eigenvalue weighted by Gasteiger charge is -2.43. The van der Waals surface area contributed by atoms with Gasteiger partial charge in [-0.25, -0.2) is 0 Å². The Morgan fingerprint density at radius 3 is 2.08 bits per heavy atom. The maximum atomic E-state index is 13.7. The first kappa shape index (κ1) is 23.4. The first-order valence-corrected chi connectivity index (χ1v) is 12.7. The fourth-order valence-electron chi connectivity index (χ4n) is 6.39. The number of phenols is 1. The second kappa shape index (κ2) is 8.02. The van der Waals surface area contributed by atoms with E-state index in [0.29, 0.717) is 54.6 Å². The molecule has 1 amide bonds. The van der Waals surface area contributed by atoms with Crippen molar-refractivity contribution in [3.05, 3.63) is 41.0 Å². The molecule has 4 aliphatic heterocycles. The molecule has 0 saturated carbocycles. The van der Waals surface area contributed by atoms with Crippen molar-refractivity contribution >= 4 is 11.6 Å². The summed E-state index contributed by atoms with van der Waals surface area (Å²) in [5.74, 6) is 0.0543. The number of methoxy groups -OCH3 is 1. The van der Waals surface area contributed by atoms with Gasteiger partial charge >= 0.3 is 0 Å². The molecule has 4 heterocycles. The van der Waals surface area contributed by atoms with Crippen LogP contribution in [0.5, 0.6) is 23.0 Å². The summed E-state index contributed by atoms with van der Waals surface area (Å²) in [5.41, 5.74) is 2.14. The molecule has 2 saturated heterocycles. The molecule has 2 aromatic carbocycles. The summed E-state index contributed by atoms with van der Waals surface area (Å²) >= 11 is 0. The molecule has 4 aliphatic rings. The molecule has 8 heteroatoms. The van der Waals surface area contributed by atoms with Gasteiger partial charge in [-0.05, 0) is 48.9 Å². The average Bonchev–Trinajstić information content (AvgIpc) is 3.31. The highest BCUT2D eigenvalue weighted by atomic mass is 16.7. The highest BCUT2D eigenvalue weighted by molar-refractivity contribution is 6.09. The molecule has 8 nitrogen and oxygen atoms in total. The smallest absolute Gasteiger partial charge is 0.263 e. The van der Waals surface area contributed by atoms with Crippen molar-refractivity contribution in [3.63, 3.8) is 0 Å². The Labute approximate surface area is 210 Å². The lowest BCUT2D eigenvalue weighted by atomic mass is 9.77. The number of carbonyl (C=O) groups excluding carboxylic acids is 1. The molecule has 0 spiro atoms. The Bertz CT molecular complexity index is 1230. The van der Waals surface area contributed by atoms with Gasteiger partial charge in [-0.3, -0.25) is 4.79 Å². The van der Waals surface area contributed by atoms with Crippen LogP contribution < -0.4 is 19.5 Å². The van der Waals surface area contributed by atoms with Crippen LogP contribution in [0.25, 0.3) is 0 Å². The van der Waals surface area contributed by atoms with Crippen molar-refractivity contribution in [1.29, 1.82) is 0 Å².